The zero-order valence-corrected chi connectivity index (χ0v) is 16.3. The van der Waals surface area contributed by atoms with Gasteiger partial charge in [-0.05, 0) is 37.5 Å². The lowest BCUT2D eigenvalue weighted by atomic mass is 9.86. The van der Waals surface area contributed by atoms with Crippen LogP contribution in [0.2, 0.25) is 0 Å². The third kappa shape index (κ3) is 3.27. The van der Waals surface area contributed by atoms with E-state index in [0.29, 0.717) is 18.8 Å². The molecule has 0 saturated heterocycles. The van der Waals surface area contributed by atoms with Crippen LogP contribution in [0.5, 0.6) is 0 Å². The van der Waals surface area contributed by atoms with E-state index in [2.05, 4.69) is 49.1 Å². The van der Waals surface area contributed by atoms with Crippen molar-refractivity contribution in [2.45, 2.75) is 38.8 Å². The molecule has 0 spiro atoms. The van der Waals surface area contributed by atoms with Gasteiger partial charge in [-0.1, -0.05) is 24.3 Å². The first-order valence-corrected chi connectivity index (χ1v) is 9.23. The Labute approximate surface area is 159 Å². The largest absolute Gasteiger partial charge is 0.332 e. The summed E-state index contributed by atoms with van der Waals surface area (Å²) < 4.78 is 3.79. The van der Waals surface area contributed by atoms with Gasteiger partial charge in [0, 0.05) is 44.0 Å². The van der Waals surface area contributed by atoms with Gasteiger partial charge in [-0.3, -0.25) is 9.48 Å². The average molecular weight is 363 g/mol. The number of fused-ring (bicyclic) bond motifs is 1. The predicted octanol–water partition coefficient (Wildman–Crippen LogP) is 3.16. The fourth-order valence-electron chi connectivity index (χ4n) is 3.63. The Morgan fingerprint density at radius 3 is 2.63 bits per heavy atom. The molecule has 1 aromatic carbocycles. The smallest absolute Gasteiger partial charge is 0.274 e. The second-order valence-corrected chi connectivity index (χ2v) is 8.22. The summed E-state index contributed by atoms with van der Waals surface area (Å²) in [5, 5.41) is 4.32. The summed E-state index contributed by atoms with van der Waals surface area (Å²) in [7, 11) is 1.92. The Balaban J connectivity index is 1.66. The summed E-state index contributed by atoms with van der Waals surface area (Å²) in [5.41, 5.74) is 3.98. The summed E-state index contributed by atoms with van der Waals surface area (Å²) in [6.07, 6.45) is 7.51. The SMILES string of the molecule is Cn1cc(C2CN(C(=O)c3cn(C(C)(C)C)cn3)Cc3ccccc32)cn1. The van der Waals surface area contributed by atoms with E-state index in [1.807, 2.05) is 45.9 Å². The highest BCUT2D eigenvalue weighted by atomic mass is 16.2. The molecule has 0 N–H and O–H groups in total. The van der Waals surface area contributed by atoms with Crippen molar-refractivity contribution in [3.05, 3.63) is 71.6 Å². The molecular weight excluding hydrogens is 338 g/mol. The van der Waals surface area contributed by atoms with E-state index < -0.39 is 0 Å². The van der Waals surface area contributed by atoms with E-state index in [4.69, 9.17) is 0 Å². The zero-order valence-electron chi connectivity index (χ0n) is 16.3. The van der Waals surface area contributed by atoms with Crippen molar-refractivity contribution in [2.24, 2.45) is 7.05 Å². The normalized spacial score (nSPS) is 17.0. The van der Waals surface area contributed by atoms with Gasteiger partial charge in [-0.2, -0.15) is 5.10 Å². The van der Waals surface area contributed by atoms with Crippen molar-refractivity contribution in [1.82, 2.24) is 24.2 Å². The van der Waals surface area contributed by atoms with Crippen LogP contribution in [0.25, 0.3) is 0 Å². The molecule has 2 aromatic heterocycles. The van der Waals surface area contributed by atoms with Gasteiger partial charge in [0.15, 0.2) is 0 Å². The molecule has 1 unspecified atom stereocenters. The lowest BCUT2D eigenvalue weighted by Crippen LogP contribution is -2.38. The quantitative estimate of drug-likeness (QED) is 0.703. The minimum atomic E-state index is -0.0989. The number of aromatic nitrogens is 4. The molecule has 6 nitrogen and oxygen atoms in total. The molecule has 0 bridgehead atoms. The van der Waals surface area contributed by atoms with Crippen LogP contribution in [0.3, 0.4) is 0 Å². The highest BCUT2D eigenvalue weighted by Gasteiger charge is 2.31. The van der Waals surface area contributed by atoms with Crippen molar-refractivity contribution in [1.29, 1.82) is 0 Å². The highest BCUT2D eigenvalue weighted by Crippen LogP contribution is 2.33. The zero-order chi connectivity index (χ0) is 19.2. The van der Waals surface area contributed by atoms with Crippen LogP contribution in [0.15, 0.2) is 49.2 Å². The van der Waals surface area contributed by atoms with Crippen molar-refractivity contribution in [3.8, 4) is 0 Å². The van der Waals surface area contributed by atoms with Crippen LogP contribution >= 0.6 is 0 Å². The predicted molar refractivity (Wildman–Crippen MR) is 103 cm³/mol. The number of aryl methyl sites for hydroxylation is 1. The number of imidazole rings is 1. The Morgan fingerprint density at radius 1 is 1.19 bits per heavy atom. The van der Waals surface area contributed by atoms with Crippen LogP contribution in [0.1, 0.15) is 53.9 Å². The summed E-state index contributed by atoms with van der Waals surface area (Å²) in [6, 6.07) is 8.35. The molecule has 0 fully saturated rings. The van der Waals surface area contributed by atoms with Crippen LogP contribution < -0.4 is 0 Å². The van der Waals surface area contributed by atoms with Crippen molar-refractivity contribution >= 4 is 5.91 Å². The molecule has 27 heavy (non-hydrogen) atoms. The second-order valence-electron chi connectivity index (χ2n) is 8.22. The van der Waals surface area contributed by atoms with Crippen LogP contribution in [-0.2, 0) is 19.1 Å². The van der Waals surface area contributed by atoms with E-state index in [9.17, 15) is 4.79 Å². The molecule has 3 heterocycles. The number of amides is 1. The van der Waals surface area contributed by atoms with Gasteiger partial charge in [0.2, 0.25) is 0 Å². The van der Waals surface area contributed by atoms with Gasteiger partial charge in [0.25, 0.3) is 5.91 Å². The molecule has 1 amide bonds. The highest BCUT2D eigenvalue weighted by molar-refractivity contribution is 5.92. The Morgan fingerprint density at radius 2 is 1.96 bits per heavy atom. The van der Waals surface area contributed by atoms with Gasteiger partial charge in [-0.15, -0.1) is 0 Å². The number of hydrogen-bond acceptors (Lipinski definition) is 3. The van der Waals surface area contributed by atoms with Crippen LogP contribution in [0, 0.1) is 0 Å². The number of rotatable bonds is 2. The number of hydrogen-bond donors (Lipinski definition) is 0. The Hall–Kier alpha value is -2.89. The van der Waals surface area contributed by atoms with Crippen LogP contribution in [-0.4, -0.2) is 36.7 Å². The minimum absolute atomic E-state index is 0.0265. The Bertz CT molecular complexity index is 978. The number of carbonyl (C=O) groups excluding carboxylic acids is 1. The Kier molecular flexibility index (Phi) is 4.13. The maximum Gasteiger partial charge on any atom is 0.274 e. The fraction of sp³-hybridized carbons (Fsp3) is 0.381. The molecule has 1 aliphatic rings. The summed E-state index contributed by atoms with van der Waals surface area (Å²) in [5.74, 6) is 0.0960. The molecule has 0 radical (unpaired) electrons. The lowest BCUT2D eigenvalue weighted by Gasteiger charge is -2.34. The number of benzene rings is 1. The molecule has 0 aliphatic carbocycles. The fourth-order valence-corrected chi connectivity index (χ4v) is 3.63. The maximum atomic E-state index is 13.2. The molecular formula is C21H25N5O. The molecule has 1 aliphatic heterocycles. The van der Waals surface area contributed by atoms with Crippen molar-refractivity contribution in [2.75, 3.05) is 6.54 Å². The first-order chi connectivity index (χ1) is 12.8. The molecule has 3 aromatic rings. The van der Waals surface area contributed by atoms with Crippen LogP contribution in [0.4, 0.5) is 0 Å². The van der Waals surface area contributed by atoms with Gasteiger partial charge in [0.05, 0.1) is 12.5 Å². The summed E-state index contributed by atoms with van der Waals surface area (Å²) >= 11 is 0. The summed E-state index contributed by atoms with van der Waals surface area (Å²) in [6.45, 7) is 7.52. The molecule has 140 valence electrons. The molecule has 0 saturated carbocycles. The van der Waals surface area contributed by atoms with E-state index in [1.54, 1.807) is 6.33 Å². The second kappa shape index (κ2) is 6.37. The van der Waals surface area contributed by atoms with E-state index in [0.717, 1.165) is 5.56 Å². The number of nitrogens with zero attached hydrogens (tertiary/aromatic N) is 5. The first kappa shape index (κ1) is 17.5. The molecule has 1 atom stereocenters. The van der Waals surface area contributed by atoms with Gasteiger partial charge < -0.3 is 9.47 Å². The third-order valence-electron chi connectivity index (χ3n) is 5.19. The first-order valence-electron chi connectivity index (χ1n) is 9.23. The average Bonchev–Trinajstić information content (AvgIpc) is 3.29. The van der Waals surface area contributed by atoms with E-state index in [-0.39, 0.29) is 17.4 Å². The summed E-state index contributed by atoms with van der Waals surface area (Å²) in [4.78, 5) is 19.4. The molecule has 4 rings (SSSR count). The van der Waals surface area contributed by atoms with E-state index in [1.165, 1.54) is 11.1 Å². The third-order valence-corrected chi connectivity index (χ3v) is 5.19. The van der Waals surface area contributed by atoms with Gasteiger partial charge in [-0.25, -0.2) is 4.98 Å². The lowest BCUT2D eigenvalue weighted by molar-refractivity contribution is 0.0719. The van der Waals surface area contributed by atoms with Crippen molar-refractivity contribution in [3.63, 3.8) is 0 Å². The standard InChI is InChI=1S/C21H25N5O/c1-21(2,3)26-13-19(22-14-26)20(27)25-11-15-7-5-6-8-17(15)18(12-25)16-9-23-24(4)10-16/h5-10,13-14,18H,11-12H2,1-4H3. The maximum absolute atomic E-state index is 13.2. The monoisotopic (exact) mass is 363 g/mol. The molecule has 6 heteroatoms. The van der Waals surface area contributed by atoms with Gasteiger partial charge >= 0.3 is 0 Å². The minimum Gasteiger partial charge on any atom is -0.332 e. The van der Waals surface area contributed by atoms with Gasteiger partial charge in [0.1, 0.15) is 5.69 Å². The van der Waals surface area contributed by atoms with E-state index >= 15 is 0 Å². The topological polar surface area (TPSA) is 56.0 Å². The van der Waals surface area contributed by atoms with Crippen molar-refractivity contribution < 1.29 is 4.79 Å². The number of carbonyl (C=O) groups is 1.